The average molecular weight is 302 g/mol. The van der Waals surface area contributed by atoms with Gasteiger partial charge in [-0.05, 0) is 43.7 Å². The molecule has 1 aromatic rings. The van der Waals surface area contributed by atoms with E-state index < -0.39 is 11.9 Å². The molecule has 4 heteroatoms. The molecule has 0 aromatic heterocycles. The lowest BCUT2D eigenvalue weighted by Gasteiger charge is -2.36. The molecular weight excluding hydrogens is 280 g/mol. The summed E-state index contributed by atoms with van der Waals surface area (Å²) in [5.74, 6) is -1.75. The number of esters is 1. The van der Waals surface area contributed by atoms with Crippen LogP contribution in [-0.2, 0) is 25.5 Å². The summed E-state index contributed by atoms with van der Waals surface area (Å²) >= 11 is 0. The summed E-state index contributed by atoms with van der Waals surface area (Å²) in [6.45, 7) is 2.97. The molecule has 0 saturated carbocycles. The van der Waals surface area contributed by atoms with Gasteiger partial charge in [-0.25, -0.2) is 0 Å². The first-order valence-electron chi connectivity index (χ1n) is 7.61. The van der Waals surface area contributed by atoms with Crippen molar-refractivity contribution >= 4 is 17.5 Å². The highest BCUT2D eigenvalue weighted by Crippen LogP contribution is 2.43. The first-order chi connectivity index (χ1) is 10.5. The highest BCUT2D eigenvalue weighted by atomic mass is 16.5. The molecule has 0 bridgehead atoms. The van der Waals surface area contributed by atoms with Gasteiger partial charge in [-0.15, -0.1) is 0 Å². The number of aryl methyl sites for hydroxylation is 1. The van der Waals surface area contributed by atoms with E-state index in [-0.39, 0.29) is 23.4 Å². The number of methoxy groups -OCH3 is 1. The zero-order chi connectivity index (χ0) is 16.3. The smallest absolute Gasteiger partial charge is 0.316 e. The molecule has 22 heavy (non-hydrogen) atoms. The number of ketones is 2. The van der Waals surface area contributed by atoms with Crippen LogP contribution < -0.4 is 0 Å². The summed E-state index contributed by atoms with van der Waals surface area (Å²) in [5, 5.41) is 0. The number of hydrogen-bond donors (Lipinski definition) is 0. The number of benzene rings is 1. The zero-order valence-corrected chi connectivity index (χ0v) is 13.3. The maximum atomic E-state index is 12.2. The molecule has 4 nitrogen and oxygen atoms in total. The van der Waals surface area contributed by atoms with Gasteiger partial charge in [0.05, 0.1) is 7.11 Å². The van der Waals surface area contributed by atoms with Gasteiger partial charge in [-0.2, -0.15) is 0 Å². The van der Waals surface area contributed by atoms with Crippen LogP contribution in [0, 0.1) is 11.8 Å². The van der Waals surface area contributed by atoms with Gasteiger partial charge >= 0.3 is 5.97 Å². The van der Waals surface area contributed by atoms with E-state index in [2.05, 4.69) is 0 Å². The maximum Gasteiger partial charge on any atom is 0.316 e. The van der Waals surface area contributed by atoms with E-state index in [1.165, 1.54) is 14.0 Å². The summed E-state index contributed by atoms with van der Waals surface area (Å²) < 4.78 is 4.85. The monoisotopic (exact) mass is 302 g/mol. The van der Waals surface area contributed by atoms with Gasteiger partial charge in [0.2, 0.25) is 0 Å². The molecule has 0 fully saturated rings. The van der Waals surface area contributed by atoms with Crippen molar-refractivity contribution in [1.82, 2.24) is 0 Å². The number of hydrogen-bond acceptors (Lipinski definition) is 4. The number of carbonyl (C=O) groups is 3. The fraction of sp³-hybridized carbons (Fsp3) is 0.500. The predicted octanol–water partition coefficient (Wildman–Crippen LogP) is 2.69. The maximum absolute atomic E-state index is 12.2. The van der Waals surface area contributed by atoms with Crippen LogP contribution in [0.15, 0.2) is 24.3 Å². The van der Waals surface area contributed by atoms with Gasteiger partial charge in [0, 0.05) is 12.3 Å². The second-order valence-corrected chi connectivity index (χ2v) is 6.04. The SMILES string of the molecule is COC(=O)C(C(C)=O)C1c2ccccc2CCC1CC(C)=O. The zero-order valence-electron chi connectivity index (χ0n) is 13.3. The summed E-state index contributed by atoms with van der Waals surface area (Å²) in [6.07, 6.45) is 2.07. The summed E-state index contributed by atoms with van der Waals surface area (Å²) in [6, 6.07) is 7.87. The second kappa shape index (κ2) is 6.86. The molecule has 0 amide bonds. The van der Waals surface area contributed by atoms with Crippen molar-refractivity contribution in [2.45, 2.75) is 39.0 Å². The molecule has 118 valence electrons. The Kier molecular flexibility index (Phi) is 5.11. The van der Waals surface area contributed by atoms with Gasteiger partial charge in [0.1, 0.15) is 17.5 Å². The lowest BCUT2D eigenvalue weighted by Crippen LogP contribution is -2.37. The van der Waals surface area contributed by atoms with Gasteiger partial charge < -0.3 is 9.53 Å². The van der Waals surface area contributed by atoms with Gasteiger partial charge in [-0.3, -0.25) is 9.59 Å². The van der Waals surface area contributed by atoms with E-state index in [9.17, 15) is 14.4 Å². The highest BCUT2D eigenvalue weighted by molar-refractivity contribution is 5.99. The standard InChI is InChI=1S/C18H22O4/c1-11(19)10-14-9-8-13-6-4-5-7-15(13)17(14)16(12(2)20)18(21)22-3/h4-7,14,16-17H,8-10H2,1-3H3. The molecule has 0 aliphatic heterocycles. The third-order valence-corrected chi connectivity index (χ3v) is 4.51. The minimum atomic E-state index is -0.837. The Labute approximate surface area is 130 Å². The summed E-state index contributed by atoms with van der Waals surface area (Å²) in [7, 11) is 1.30. The quantitative estimate of drug-likeness (QED) is 0.620. The Balaban J connectivity index is 2.49. The van der Waals surface area contributed by atoms with Crippen LogP contribution in [0.5, 0.6) is 0 Å². The Hall–Kier alpha value is -1.97. The van der Waals surface area contributed by atoms with Crippen molar-refractivity contribution in [2.75, 3.05) is 7.11 Å². The van der Waals surface area contributed by atoms with Crippen molar-refractivity contribution in [2.24, 2.45) is 11.8 Å². The van der Waals surface area contributed by atoms with Crippen molar-refractivity contribution in [3.05, 3.63) is 35.4 Å². The van der Waals surface area contributed by atoms with E-state index in [1.807, 2.05) is 24.3 Å². The normalized spacial score (nSPS) is 21.6. The van der Waals surface area contributed by atoms with E-state index in [0.29, 0.717) is 6.42 Å². The molecule has 0 spiro atoms. The largest absolute Gasteiger partial charge is 0.468 e. The molecule has 0 heterocycles. The summed E-state index contributed by atoms with van der Waals surface area (Å²) in [5.41, 5.74) is 2.16. The molecule has 0 radical (unpaired) electrons. The van der Waals surface area contributed by atoms with Crippen LogP contribution in [-0.4, -0.2) is 24.6 Å². The van der Waals surface area contributed by atoms with Crippen LogP contribution in [0.2, 0.25) is 0 Å². The minimum absolute atomic E-state index is 0.000370. The Morgan fingerprint density at radius 2 is 1.91 bits per heavy atom. The number of carbonyl (C=O) groups excluding carboxylic acids is 3. The molecule has 1 aliphatic rings. The third kappa shape index (κ3) is 3.26. The van der Waals surface area contributed by atoms with Gasteiger partial charge in [0.25, 0.3) is 0 Å². The van der Waals surface area contributed by atoms with Crippen molar-refractivity contribution in [3.63, 3.8) is 0 Å². The predicted molar refractivity (Wildman–Crippen MR) is 82.5 cm³/mol. The molecule has 1 aromatic carbocycles. The molecule has 2 rings (SSSR count). The van der Waals surface area contributed by atoms with Crippen LogP contribution in [0.3, 0.4) is 0 Å². The fourth-order valence-electron chi connectivity index (χ4n) is 3.60. The lowest BCUT2D eigenvalue weighted by atomic mass is 9.67. The second-order valence-electron chi connectivity index (χ2n) is 6.04. The molecular formula is C18H22O4. The lowest BCUT2D eigenvalue weighted by molar-refractivity contribution is -0.151. The van der Waals surface area contributed by atoms with Crippen LogP contribution in [0.4, 0.5) is 0 Å². The van der Waals surface area contributed by atoms with E-state index in [4.69, 9.17) is 4.74 Å². The molecule has 3 unspecified atom stereocenters. The van der Waals surface area contributed by atoms with Crippen LogP contribution in [0.1, 0.15) is 43.7 Å². The van der Waals surface area contributed by atoms with E-state index >= 15 is 0 Å². The molecule has 1 aliphatic carbocycles. The average Bonchev–Trinajstić information content (AvgIpc) is 2.48. The topological polar surface area (TPSA) is 60.4 Å². The Bertz CT molecular complexity index is 591. The highest BCUT2D eigenvalue weighted by Gasteiger charge is 2.42. The van der Waals surface area contributed by atoms with Crippen molar-refractivity contribution < 1.29 is 19.1 Å². The molecule has 0 saturated heterocycles. The number of fused-ring (bicyclic) bond motifs is 1. The van der Waals surface area contributed by atoms with Crippen LogP contribution >= 0.6 is 0 Å². The Morgan fingerprint density at radius 3 is 2.50 bits per heavy atom. The molecule has 3 atom stereocenters. The van der Waals surface area contributed by atoms with Crippen molar-refractivity contribution in [1.29, 1.82) is 0 Å². The number of Topliss-reactive ketones (excluding diaryl/α,β-unsaturated/α-hetero) is 2. The fourth-order valence-corrected chi connectivity index (χ4v) is 3.60. The minimum Gasteiger partial charge on any atom is -0.468 e. The van der Waals surface area contributed by atoms with E-state index in [1.54, 1.807) is 6.92 Å². The van der Waals surface area contributed by atoms with Crippen molar-refractivity contribution in [3.8, 4) is 0 Å². The summed E-state index contributed by atoms with van der Waals surface area (Å²) in [4.78, 5) is 35.9. The van der Waals surface area contributed by atoms with E-state index in [0.717, 1.165) is 24.0 Å². The number of ether oxygens (including phenoxy) is 1. The number of rotatable bonds is 5. The first-order valence-corrected chi connectivity index (χ1v) is 7.61. The first kappa shape index (κ1) is 16.4. The van der Waals surface area contributed by atoms with Crippen LogP contribution in [0.25, 0.3) is 0 Å². The molecule has 0 N–H and O–H groups in total. The Morgan fingerprint density at radius 1 is 1.23 bits per heavy atom. The van der Waals surface area contributed by atoms with Gasteiger partial charge in [0.15, 0.2) is 0 Å². The third-order valence-electron chi connectivity index (χ3n) is 4.51. The van der Waals surface area contributed by atoms with Gasteiger partial charge in [-0.1, -0.05) is 24.3 Å².